The van der Waals surface area contributed by atoms with Gasteiger partial charge < -0.3 is 5.11 Å². The van der Waals surface area contributed by atoms with Crippen LogP contribution in [0.3, 0.4) is 0 Å². The molecular formula is C15H14N6O2. The SMILES string of the molecule is Cc1ccc(Cc2cc(C(O)=CC(=O)c3nn[nH]n3)n[nH]2)cc1. The second kappa shape index (κ2) is 6.22. The summed E-state index contributed by atoms with van der Waals surface area (Å²) < 4.78 is 0. The van der Waals surface area contributed by atoms with E-state index in [1.165, 1.54) is 5.56 Å². The van der Waals surface area contributed by atoms with E-state index in [4.69, 9.17) is 0 Å². The molecule has 0 atom stereocenters. The largest absolute Gasteiger partial charge is 0.505 e. The Morgan fingerprint density at radius 2 is 2.04 bits per heavy atom. The molecule has 116 valence electrons. The van der Waals surface area contributed by atoms with Gasteiger partial charge >= 0.3 is 0 Å². The number of ketones is 1. The van der Waals surface area contributed by atoms with Gasteiger partial charge in [-0.15, -0.1) is 10.2 Å². The Kier molecular flexibility index (Phi) is 3.96. The summed E-state index contributed by atoms with van der Waals surface area (Å²) >= 11 is 0. The molecule has 0 amide bonds. The maximum Gasteiger partial charge on any atom is 0.244 e. The molecule has 8 heteroatoms. The van der Waals surface area contributed by atoms with Crippen molar-refractivity contribution in [2.75, 3.05) is 0 Å². The Labute approximate surface area is 131 Å². The van der Waals surface area contributed by atoms with Crippen LogP contribution >= 0.6 is 0 Å². The molecule has 0 aliphatic carbocycles. The molecule has 3 aromatic rings. The van der Waals surface area contributed by atoms with Crippen LogP contribution in [-0.4, -0.2) is 41.7 Å². The minimum absolute atomic E-state index is 0.119. The van der Waals surface area contributed by atoms with Gasteiger partial charge in [-0.3, -0.25) is 9.89 Å². The van der Waals surface area contributed by atoms with Gasteiger partial charge in [0.1, 0.15) is 11.5 Å². The Morgan fingerprint density at radius 3 is 2.74 bits per heavy atom. The first-order valence-electron chi connectivity index (χ1n) is 6.90. The van der Waals surface area contributed by atoms with E-state index in [-0.39, 0.29) is 17.3 Å². The summed E-state index contributed by atoms with van der Waals surface area (Å²) in [5.41, 5.74) is 3.43. The zero-order valence-corrected chi connectivity index (χ0v) is 12.3. The first kappa shape index (κ1) is 14.6. The van der Waals surface area contributed by atoms with E-state index in [0.717, 1.165) is 17.3 Å². The molecule has 1 aromatic carbocycles. The van der Waals surface area contributed by atoms with E-state index in [1.807, 2.05) is 31.2 Å². The second-order valence-corrected chi connectivity index (χ2v) is 5.07. The Bertz CT molecular complexity index is 833. The van der Waals surface area contributed by atoms with E-state index in [1.54, 1.807) is 6.07 Å². The molecular weight excluding hydrogens is 296 g/mol. The number of allylic oxidation sites excluding steroid dienone is 1. The monoisotopic (exact) mass is 310 g/mol. The molecule has 0 fully saturated rings. The van der Waals surface area contributed by atoms with Gasteiger partial charge in [-0.05, 0) is 23.8 Å². The maximum absolute atomic E-state index is 11.8. The average Bonchev–Trinajstić information content (AvgIpc) is 3.21. The van der Waals surface area contributed by atoms with Crippen molar-refractivity contribution in [2.24, 2.45) is 0 Å². The van der Waals surface area contributed by atoms with Crippen LogP contribution in [0.25, 0.3) is 5.76 Å². The van der Waals surface area contributed by atoms with Crippen LogP contribution in [0, 0.1) is 6.92 Å². The van der Waals surface area contributed by atoms with Gasteiger partial charge in [0.2, 0.25) is 11.6 Å². The zero-order valence-electron chi connectivity index (χ0n) is 12.3. The highest BCUT2D eigenvalue weighted by atomic mass is 16.3. The number of aromatic amines is 2. The third-order valence-corrected chi connectivity index (χ3v) is 3.24. The third-order valence-electron chi connectivity index (χ3n) is 3.24. The topological polar surface area (TPSA) is 120 Å². The quantitative estimate of drug-likeness (QED) is 0.374. The van der Waals surface area contributed by atoms with Crippen LogP contribution in [0.4, 0.5) is 0 Å². The molecule has 0 radical (unpaired) electrons. The molecule has 23 heavy (non-hydrogen) atoms. The number of aliphatic hydroxyl groups excluding tert-OH is 1. The predicted octanol–water partition coefficient (Wildman–Crippen LogP) is 1.60. The number of hydrogen-bond donors (Lipinski definition) is 3. The minimum Gasteiger partial charge on any atom is -0.505 e. The number of rotatable bonds is 5. The van der Waals surface area contributed by atoms with Crippen molar-refractivity contribution in [3.8, 4) is 0 Å². The van der Waals surface area contributed by atoms with Gasteiger partial charge in [0.15, 0.2) is 0 Å². The number of aromatic nitrogens is 6. The Morgan fingerprint density at radius 1 is 1.26 bits per heavy atom. The first-order chi connectivity index (χ1) is 11.1. The molecule has 3 N–H and O–H groups in total. The van der Waals surface area contributed by atoms with Gasteiger partial charge in [0.25, 0.3) is 0 Å². The highest BCUT2D eigenvalue weighted by molar-refractivity contribution is 6.04. The lowest BCUT2D eigenvalue weighted by Gasteiger charge is -1.99. The number of nitrogens with one attached hydrogen (secondary N) is 2. The summed E-state index contributed by atoms with van der Waals surface area (Å²) in [5.74, 6) is -0.933. The van der Waals surface area contributed by atoms with Gasteiger partial charge in [0, 0.05) is 18.2 Å². The lowest BCUT2D eigenvalue weighted by molar-refractivity contribution is 0.103. The molecule has 0 saturated carbocycles. The number of benzene rings is 1. The van der Waals surface area contributed by atoms with Gasteiger partial charge in [-0.1, -0.05) is 29.8 Å². The van der Waals surface area contributed by atoms with Crippen molar-refractivity contribution in [1.82, 2.24) is 30.8 Å². The number of nitrogens with zero attached hydrogens (tertiary/aromatic N) is 4. The fraction of sp³-hybridized carbons (Fsp3) is 0.133. The van der Waals surface area contributed by atoms with Crippen molar-refractivity contribution < 1.29 is 9.90 Å². The lowest BCUT2D eigenvalue weighted by atomic mass is 10.1. The Hall–Kier alpha value is -3.29. The number of hydrogen-bond acceptors (Lipinski definition) is 6. The number of carbonyl (C=O) groups is 1. The molecule has 0 bridgehead atoms. The third kappa shape index (κ3) is 3.49. The van der Waals surface area contributed by atoms with E-state index in [2.05, 4.69) is 30.8 Å². The van der Waals surface area contributed by atoms with Crippen molar-refractivity contribution >= 4 is 11.5 Å². The normalized spacial score (nSPS) is 11.6. The summed E-state index contributed by atoms with van der Waals surface area (Å²) in [4.78, 5) is 11.8. The van der Waals surface area contributed by atoms with Crippen LogP contribution in [0.1, 0.15) is 33.1 Å². The minimum atomic E-state index is -0.556. The molecule has 3 rings (SSSR count). The van der Waals surface area contributed by atoms with E-state index < -0.39 is 5.78 Å². The highest BCUT2D eigenvalue weighted by Gasteiger charge is 2.12. The highest BCUT2D eigenvalue weighted by Crippen LogP contribution is 2.14. The summed E-state index contributed by atoms with van der Waals surface area (Å²) in [6.45, 7) is 2.03. The van der Waals surface area contributed by atoms with Crippen molar-refractivity contribution in [3.63, 3.8) is 0 Å². The standard InChI is InChI=1S/C15H14N6O2/c1-9-2-4-10(5-3-9)6-11-7-12(17-16-11)13(22)8-14(23)15-18-20-21-19-15/h2-5,7-8,22H,6H2,1H3,(H,16,17)(H,18,19,20,21). The molecule has 2 heterocycles. The molecule has 0 spiro atoms. The fourth-order valence-corrected chi connectivity index (χ4v) is 2.04. The smallest absolute Gasteiger partial charge is 0.244 e. The number of tetrazole rings is 1. The van der Waals surface area contributed by atoms with Gasteiger partial charge in [-0.2, -0.15) is 10.3 Å². The number of carbonyl (C=O) groups excluding carboxylic acids is 1. The summed E-state index contributed by atoms with van der Waals surface area (Å²) in [5, 5.41) is 29.4. The van der Waals surface area contributed by atoms with Crippen LogP contribution in [0.15, 0.2) is 36.4 Å². The summed E-state index contributed by atoms with van der Waals surface area (Å²) in [7, 11) is 0. The van der Waals surface area contributed by atoms with Crippen LogP contribution in [-0.2, 0) is 6.42 Å². The van der Waals surface area contributed by atoms with Gasteiger partial charge in [0.05, 0.1) is 0 Å². The molecule has 0 unspecified atom stereocenters. The number of H-pyrrole nitrogens is 2. The summed E-state index contributed by atoms with van der Waals surface area (Å²) in [6, 6.07) is 9.83. The number of aryl methyl sites for hydroxylation is 1. The molecule has 0 aliphatic heterocycles. The van der Waals surface area contributed by atoms with E-state index in [0.29, 0.717) is 6.42 Å². The average molecular weight is 310 g/mol. The second-order valence-electron chi connectivity index (χ2n) is 5.07. The molecule has 0 saturated heterocycles. The van der Waals surface area contributed by atoms with Crippen LogP contribution < -0.4 is 0 Å². The van der Waals surface area contributed by atoms with Crippen LogP contribution in [0.2, 0.25) is 0 Å². The Balaban J connectivity index is 1.73. The summed E-state index contributed by atoms with van der Waals surface area (Å²) in [6.07, 6.45) is 1.66. The van der Waals surface area contributed by atoms with Crippen molar-refractivity contribution in [3.05, 3.63) is 64.7 Å². The maximum atomic E-state index is 11.8. The van der Waals surface area contributed by atoms with Crippen molar-refractivity contribution in [1.29, 1.82) is 0 Å². The van der Waals surface area contributed by atoms with Crippen LogP contribution in [0.5, 0.6) is 0 Å². The molecule has 8 nitrogen and oxygen atoms in total. The van der Waals surface area contributed by atoms with Crippen molar-refractivity contribution in [2.45, 2.75) is 13.3 Å². The predicted molar refractivity (Wildman–Crippen MR) is 81.7 cm³/mol. The molecule has 0 aliphatic rings. The zero-order chi connectivity index (χ0) is 16.2. The van der Waals surface area contributed by atoms with Gasteiger partial charge in [-0.25, -0.2) is 0 Å². The fourth-order valence-electron chi connectivity index (χ4n) is 2.04. The van der Waals surface area contributed by atoms with E-state index in [9.17, 15) is 9.90 Å². The lowest BCUT2D eigenvalue weighted by Crippen LogP contribution is -1.99. The molecule has 2 aromatic heterocycles. The number of aliphatic hydroxyl groups is 1. The van der Waals surface area contributed by atoms with E-state index >= 15 is 0 Å². The first-order valence-corrected chi connectivity index (χ1v) is 6.90.